The molecule has 0 spiro atoms. The molecule has 1 saturated heterocycles. The third-order valence-electron chi connectivity index (χ3n) is 5.40. The normalized spacial score (nSPS) is 13.8. The monoisotopic (exact) mass is 426 g/mol. The Kier molecular flexibility index (Phi) is 5.53. The molecule has 2 aromatic heterocycles. The molecule has 3 heterocycles. The van der Waals surface area contributed by atoms with Crippen LogP contribution in [-0.4, -0.2) is 47.2 Å². The van der Waals surface area contributed by atoms with E-state index in [-0.39, 0.29) is 5.91 Å². The van der Waals surface area contributed by atoms with Crippen LogP contribution in [0.1, 0.15) is 10.4 Å². The van der Waals surface area contributed by atoms with Gasteiger partial charge in [0.05, 0.1) is 11.8 Å². The number of nitrogens with zero attached hydrogens (tertiary/aromatic N) is 4. The van der Waals surface area contributed by atoms with E-state index >= 15 is 0 Å². The van der Waals surface area contributed by atoms with Crippen LogP contribution in [0.15, 0.2) is 89.5 Å². The minimum absolute atomic E-state index is 0.0320. The van der Waals surface area contributed by atoms with Crippen LogP contribution in [0.3, 0.4) is 0 Å². The number of rotatable bonds is 5. The summed E-state index contributed by atoms with van der Waals surface area (Å²) in [6.07, 6.45) is 1.62. The number of benzene rings is 2. The maximum absolute atomic E-state index is 13.2. The van der Waals surface area contributed by atoms with Crippen molar-refractivity contribution in [3.8, 4) is 23.0 Å². The number of aromatic nitrogens is 2. The van der Waals surface area contributed by atoms with Crippen LogP contribution in [0.25, 0.3) is 11.5 Å². The van der Waals surface area contributed by atoms with Crippen LogP contribution < -0.4 is 9.64 Å². The summed E-state index contributed by atoms with van der Waals surface area (Å²) in [6.45, 7) is 2.56. The first-order valence-corrected chi connectivity index (χ1v) is 10.5. The third kappa shape index (κ3) is 4.18. The predicted octanol–water partition coefficient (Wildman–Crippen LogP) is 4.49. The van der Waals surface area contributed by atoms with Gasteiger partial charge in [-0.2, -0.15) is 0 Å². The van der Waals surface area contributed by atoms with Gasteiger partial charge in [-0.25, -0.2) is 0 Å². The van der Waals surface area contributed by atoms with Gasteiger partial charge in [-0.05, 0) is 48.5 Å². The van der Waals surface area contributed by atoms with Crippen molar-refractivity contribution >= 4 is 11.7 Å². The van der Waals surface area contributed by atoms with Gasteiger partial charge in [0.2, 0.25) is 0 Å². The van der Waals surface area contributed by atoms with Gasteiger partial charge in [0.1, 0.15) is 17.2 Å². The first-order chi connectivity index (χ1) is 15.8. The standard InChI is InChI=1S/C25H22N4O3/c30-25(20-9-4-5-10-22(20)32-19-7-2-1-3-8-19)29-16-14-28(15-17-29)24-13-12-21(26-27-24)23-11-6-18-31-23/h1-13,18H,14-17H2. The maximum atomic E-state index is 13.2. The summed E-state index contributed by atoms with van der Waals surface area (Å²) >= 11 is 0. The molecule has 2 aromatic carbocycles. The van der Waals surface area contributed by atoms with Crippen LogP contribution in [0.2, 0.25) is 0 Å². The van der Waals surface area contributed by atoms with Crippen LogP contribution in [0.4, 0.5) is 5.82 Å². The zero-order valence-electron chi connectivity index (χ0n) is 17.4. The average molecular weight is 426 g/mol. The molecule has 0 saturated carbocycles. The highest BCUT2D eigenvalue weighted by molar-refractivity contribution is 5.97. The number of piperazine rings is 1. The molecule has 0 aliphatic carbocycles. The molecule has 0 radical (unpaired) electrons. The SMILES string of the molecule is O=C(c1ccccc1Oc1ccccc1)N1CCN(c2ccc(-c3ccco3)nn2)CC1. The summed E-state index contributed by atoms with van der Waals surface area (Å²) < 4.78 is 11.3. The molecule has 1 fully saturated rings. The summed E-state index contributed by atoms with van der Waals surface area (Å²) in [7, 11) is 0. The average Bonchev–Trinajstić information content (AvgIpc) is 3.40. The number of hydrogen-bond donors (Lipinski definition) is 0. The zero-order chi connectivity index (χ0) is 21.8. The molecule has 7 nitrogen and oxygen atoms in total. The molecule has 1 aliphatic heterocycles. The fraction of sp³-hybridized carbons (Fsp3) is 0.160. The summed E-state index contributed by atoms with van der Waals surface area (Å²) in [5.41, 5.74) is 1.26. The second-order valence-electron chi connectivity index (χ2n) is 7.44. The fourth-order valence-electron chi connectivity index (χ4n) is 3.71. The number of hydrogen-bond acceptors (Lipinski definition) is 6. The molecule has 7 heteroatoms. The van der Waals surface area contributed by atoms with Crippen molar-refractivity contribution in [3.63, 3.8) is 0 Å². The Morgan fingerprint density at radius 2 is 1.59 bits per heavy atom. The van der Waals surface area contributed by atoms with E-state index in [1.165, 1.54) is 0 Å². The third-order valence-corrected chi connectivity index (χ3v) is 5.40. The van der Waals surface area contributed by atoms with Crippen molar-refractivity contribution < 1.29 is 13.9 Å². The number of anilines is 1. The Labute approximate surface area is 185 Å². The lowest BCUT2D eigenvalue weighted by atomic mass is 10.1. The quantitative estimate of drug-likeness (QED) is 0.468. The number of carbonyl (C=O) groups excluding carboxylic acids is 1. The highest BCUT2D eigenvalue weighted by Crippen LogP contribution is 2.27. The van der Waals surface area contributed by atoms with Crippen molar-refractivity contribution in [1.29, 1.82) is 0 Å². The second kappa shape index (κ2) is 8.93. The van der Waals surface area contributed by atoms with E-state index in [4.69, 9.17) is 9.15 Å². The van der Waals surface area contributed by atoms with Crippen LogP contribution in [0, 0.1) is 0 Å². The minimum Gasteiger partial charge on any atom is -0.463 e. The lowest BCUT2D eigenvalue weighted by Crippen LogP contribution is -2.49. The van der Waals surface area contributed by atoms with E-state index < -0.39 is 0 Å². The van der Waals surface area contributed by atoms with Crippen molar-refractivity contribution in [2.24, 2.45) is 0 Å². The van der Waals surface area contributed by atoms with Gasteiger partial charge >= 0.3 is 0 Å². The zero-order valence-corrected chi connectivity index (χ0v) is 17.4. The molecule has 0 unspecified atom stereocenters. The lowest BCUT2D eigenvalue weighted by Gasteiger charge is -2.35. The highest BCUT2D eigenvalue weighted by Gasteiger charge is 2.25. The minimum atomic E-state index is -0.0320. The fourth-order valence-corrected chi connectivity index (χ4v) is 3.71. The van der Waals surface area contributed by atoms with E-state index in [0.717, 1.165) is 5.82 Å². The Morgan fingerprint density at radius 1 is 0.812 bits per heavy atom. The molecule has 5 rings (SSSR count). The summed E-state index contributed by atoms with van der Waals surface area (Å²) in [5.74, 6) is 2.71. The Balaban J connectivity index is 1.24. The van der Waals surface area contributed by atoms with E-state index in [9.17, 15) is 4.79 Å². The Morgan fingerprint density at radius 3 is 2.31 bits per heavy atom. The highest BCUT2D eigenvalue weighted by atomic mass is 16.5. The maximum Gasteiger partial charge on any atom is 0.257 e. The molecule has 1 aliphatic rings. The molecular weight excluding hydrogens is 404 g/mol. The molecule has 160 valence electrons. The molecule has 1 amide bonds. The van der Waals surface area contributed by atoms with E-state index in [2.05, 4.69) is 15.1 Å². The van der Waals surface area contributed by atoms with E-state index in [1.54, 1.807) is 6.26 Å². The van der Waals surface area contributed by atoms with Crippen LogP contribution in [0.5, 0.6) is 11.5 Å². The van der Waals surface area contributed by atoms with Crippen LogP contribution >= 0.6 is 0 Å². The molecular formula is C25H22N4O3. The van der Waals surface area contributed by atoms with E-state index in [0.29, 0.717) is 54.7 Å². The Hall–Kier alpha value is -4.13. The van der Waals surface area contributed by atoms with Crippen molar-refractivity contribution in [2.45, 2.75) is 0 Å². The van der Waals surface area contributed by atoms with Gasteiger partial charge in [0.25, 0.3) is 5.91 Å². The number of para-hydroxylation sites is 2. The second-order valence-corrected chi connectivity index (χ2v) is 7.44. The summed E-state index contributed by atoms with van der Waals surface area (Å²) in [4.78, 5) is 17.2. The number of furan rings is 1. The van der Waals surface area contributed by atoms with Gasteiger partial charge in [-0.1, -0.05) is 30.3 Å². The largest absolute Gasteiger partial charge is 0.463 e. The van der Waals surface area contributed by atoms with Crippen molar-refractivity contribution in [2.75, 3.05) is 31.1 Å². The number of carbonyl (C=O) groups is 1. The van der Waals surface area contributed by atoms with E-state index in [1.807, 2.05) is 83.8 Å². The van der Waals surface area contributed by atoms with Crippen LogP contribution in [-0.2, 0) is 0 Å². The molecule has 32 heavy (non-hydrogen) atoms. The first-order valence-electron chi connectivity index (χ1n) is 10.5. The van der Waals surface area contributed by atoms with Crippen molar-refractivity contribution in [3.05, 3.63) is 90.7 Å². The molecule has 0 atom stereocenters. The molecule has 0 bridgehead atoms. The lowest BCUT2D eigenvalue weighted by molar-refractivity contribution is 0.0744. The molecule has 0 N–H and O–H groups in total. The van der Waals surface area contributed by atoms with Gasteiger partial charge in [0, 0.05) is 26.2 Å². The summed E-state index contributed by atoms with van der Waals surface area (Å²) in [6, 6.07) is 24.4. The van der Waals surface area contributed by atoms with Gasteiger partial charge in [-0.3, -0.25) is 4.79 Å². The van der Waals surface area contributed by atoms with Gasteiger partial charge < -0.3 is 19.0 Å². The van der Waals surface area contributed by atoms with Gasteiger partial charge in [-0.15, -0.1) is 10.2 Å². The van der Waals surface area contributed by atoms with Gasteiger partial charge in [0.15, 0.2) is 11.6 Å². The number of amides is 1. The van der Waals surface area contributed by atoms with Crippen molar-refractivity contribution in [1.82, 2.24) is 15.1 Å². The Bertz CT molecular complexity index is 1170. The molecule has 4 aromatic rings. The predicted molar refractivity (Wildman–Crippen MR) is 121 cm³/mol. The number of ether oxygens (including phenoxy) is 1. The topological polar surface area (TPSA) is 71.7 Å². The first kappa shape index (κ1) is 19.8. The smallest absolute Gasteiger partial charge is 0.257 e. The summed E-state index contributed by atoms with van der Waals surface area (Å²) in [5, 5.41) is 8.61.